The van der Waals surface area contributed by atoms with E-state index in [0.29, 0.717) is 19.7 Å². The fraction of sp³-hybridized carbons (Fsp3) is 0.381. The van der Waals surface area contributed by atoms with E-state index in [2.05, 4.69) is 5.32 Å². The van der Waals surface area contributed by atoms with Crippen molar-refractivity contribution >= 4 is 17.7 Å². The van der Waals surface area contributed by atoms with Crippen molar-refractivity contribution in [1.82, 2.24) is 15.1 Å². The van der Waals surface area contributed by atoms with Crippen LogP contribution in [0.2, 0.25) is 0 Å². The van der Waals surface area contributed by atoms with Gasteiger partial charge in [-0.15, -0.1) is 0 Å². The van der Waals surface area contributed by atoms with Crippen LogP contribution in [0.5, 0.6) is 0 Å². The number of hydrogen-bond acceptors (Lipinski definition) is 5. The van der Waals surface area contributed by atoms with Gasteiger partial charge in [-0.05, 0) is 24.6 Å². The van der Waals surface area contributed by atoms with Gasteiger partial charge in [0.05, 0.1) is 25.5 Å². The number of carbonyl (C=O) groups excluding carboxylic acids is 3. The molecule has 3 heterocycles. The molecule has 2 aromatic rings. The summed E-state index contributed by atoms with van der Waals surface area (Å²) in [5.41, 5.74) is 0.997. The van der Waals surface area contributed by atoms with Crippen molar-refractivity contribution in [3.8, 4) is 0 Å². The SMILES string of the molecule is CC(OCc1ccccc1)C1NC(=O)C2CN(C(=O)c3ccco3)CCN2C1=O. The summed E-state index contributed by atoms with van der Waals surface area (Å²) in [5.74, 6) is -0.514. The summed E-state index contributed by atoms with van der Waals surface area (Å²) in [5, 5.41) is 2.78. The third-order valence-corrected chi connectivity index (χ3v) is 5.37. The second kappa shape index (κ2) is 8.08. The van der Waals surface area contributed by atoms with Crippen LogP contribution in [0.3, 0.4) is 0 Å². The number of carbonyl (C=O) groups is 3. The van der Waals surface area contributed by atoms with Crippen molar-refractivity contribution < 1.29 is 23.5 Å². The van der Waals surface area contributed by atoms with E-state index in [1.165, 1.54) is 6.26 Å². The highest BCUT2D eigenvalue weighted by Gasteiger charge is 2.46. The van der Waals surface area contributed by atoms with Crippen molar-refractivity contribution in [2.45, 2.75) is 31.7 Å². The predicted molar refractivity (Wildman–Crippen MR) is 103 cm³/mol. The number of rotatable bonds is 5. The maximum absolute atomic E-state index is 13.0. The molecule has 2 aliphatic heterocycles. The highest BCUT2D eigenvalue weighted by Crippen LogP contribution is 2.20. The van der Waals surface area contributed by atoms with E-state index in [4.69, 9.17) is 9.15 Å². The molecular formula is C21H23N3O5. The molecule has 2 aliphatic rings. The Morgan fingerprint density at radius 1 is 1.21 bits per heavy atom. The molecule has 4 rings (SSSR count). The number of ether oxygens (including phenoxy) is 1. The Balaban J connectivity index is 1.39. The minimum Gasteiger partial charge on any atom is -0.459 e. The number of nitrogens with one attached hydrogen (secondary N) is 1. The topological polar surface area (TPSA) is 92.1 Å². The normalized spacial score (nSPS) is 22.8. The number of nitrogens with zero attached hydrogens (tertiary/aromatic N) is 2. The van der Waals surface area contributed by atoms with Crippen LogP contribution in [0, 0.1) is 0 Å². The van der Waals surface area contributed by atoms with Gasteiger partial charge >= 0.3 is 0 Å². The largest absolute Gasteiger partial charge is 0.459 e. The quantitative estimate of drug-likeness (QED) is 0.814. The van der Waals surface area contributed by atoms with E-state index in [0.717, 1.165) is 5.56 Å². The molecule has 152 valence electrons. The smallest absolute Gasteiger partial charge is 0.289 e. The van der Waals surface area contributed by atoms with Gasteiger partial charge in [-0.2, -0.15) is 0 Å². The number of hydrogen-bond donors (Lipinski definition) is 1. The van der Waals surface area contributed by atoms with Crippen LogP contribution in [0.4, 0.5) is 0 Å². The predicted octanol–water partition coefficient (Wildman–Crippen LogP) is 1.04. The van der Waals surface area contributed by atoms with Crippen LogP contribution in [0.1, 0.15) is 23.0 Å². The van der Waals surface area contributed by atoms with Crippen molar-refractivity contribution in [2.24, 2.45) is 0 Å². The summed E-state index contributed by atoms with van der Waals surface area (Å²) in [6.07, 6.45) is 0.956. The first-order chi connectivity index (χ1) is 14.0. The van der Waals surface area contributed by atoms with Gasteiger partial charge in [-0.3, -0.25) is 14.4 Å². The summed E-state index contributed by atoms with van der Waals surface area (Å²) in [4.78, 5) is 41.3. The van der Waals surface area contributed by atoms with E-state index in [1.807, 2.05) is 30.3 Å². The molecule has 3 amide bonds. The number of amides is 3. The molecule has 3 unspecified atom stereocenters. The van der Waals surface area contributed by atoms with Gasteiger partial charge in [0.1, 0.15) is 12.1 Å². The van der Waals surface area contributed by atoms with Gasteiger partial charge in [0, 0.05) is 13.1 Å². The van der Waals surface area contributed by atoms with Crippen LogP contribution in [0.15, 0.2) is 53.1 Å². The molecule has 0 spiro atoms. The molecule has 1 aromatic carbocycles. The second-order valence-corrected chi connectivity index (χ2v) is 7.26. The Bertz CT molecular complexity index is 883. The van der Waals surface area contributed by atoms with Crippen LogP contribution in [-0.2, 0) is 20.9 Å². The van der Waals surface area contributed by atoms with Crippen molar-refractivity contribution in [2.75, 3.05) is 19.6 Å². The summed E-state index contributed by atoms with van der Waals surface area (Å²) >= 11 is 0. The Morgan fingerprint density at radius 3 is 2.72 bits per heavy atom. The molecule has 0 saturated carbocycles. The summed E-state index contributed by atoms with van der Waals surface area (Å²) < 4.78 is 11.0. The van der Waals surface area contributed by atoms with Crippen LogP contribution in [0.25, 0.3) is 0 Å². The molecule has 0 radical (unpaired) electrons. The zero-order chi connectivity index (χ0) is 20.4. The average Bonchev–Trinajstić information content (AvgIpc) is 3.29. The van der Waals surface area contributed by atoms with E-state index in [1.54, 1.807) is 28.9 Å². The highest BCUT2D eigenvalue weighted by molar-refractivity contribution is 5.99. The van der Waals surface area contributed by atoms with E-state index >= 15 is 0 Å². The molecule has 0 bridgehead atoms. The first-order valence-corrected chi connectivity index (χ1v) is 9.64. The summed E-state index contributed by atoms with van der Waals surface area (Å²) in [6, 6.07) is 11.4. The monoisotopic (exact) mass is 397 g/mol. The number of piperazine rings is 2. The molecule has 1 aromatic heterocycles. The molecule has 3 atom stereocenters. The first kappa shape index (κ1) is 19.2. The number of fused-ring (bicyclic) bond motifs is 1. The molecule has 2 saturated heterocycles. The second-order valence-electron chi connectivity index (χ2n) is 7.26. The molecule has 0 aliphatic carbocycles. The lowest BCUT2D eigenvalue weighted by molar-refractivity contribution is -0.156. The lowest BCUT2D eigenvalue weighted by Crippen LogP contribution is -2.71. The van der Waals surface area contributed by atoms with Crippen molar-refractivity contribution in [3.05, 3.63) is 60.1 Å². The average molecular weight is 397 g/mol. The van der Waals surface area contributed by atoms with E-state index in [-0.39, 0.29) is 30.0 Å². The molecular weight excluding hydrogens is 374 g/mol. The number of furan rings is 1. The molecule has 1 N–H and O–H groups in total. The zero-order valence-electron chi connectivity index (χ0n) is 16.1. The summed E-state index contributed by atoms with van der Waals surface area (Å²) in [7, 11) is 0. The van der Waals surface area contributed by atoms with Gasteiger partial charge in [0.15, 0.2) is 5.76 Å². The fourth-order valence-electron chi connectivity index (χ4n) is 3.72. The van der Waals surface area contributed by atoms with Gasteiger partial charge < -0.3 is 24.3 Å². The standard InChI is InChI=1S/C21H23N3O5/c1-14(29-13-15-6-3-2-4-7-15)18-21(27)24-10-9-23(12-16(24)19(25)22-18)20(26)17-8-5-11-28-17/h2-8,11,14,16,18H,9-10,12-13H2,1H3,(H,22,25). The number of benzene rings is 1. The third-order valence-electron chi connectivity index (χ3n) is 5.37. The Hall–Kier alpha value is -3.13. The first-order valence-electron chi connectivity index (χ1n) is 9.64. The zero-order valence-corrected chi connectivity index (χ0v) is 16.1. The van der Waals surface area contributed by atoms with Gasteiger partial charge in [-0.25, -0.2) is 0 Å². The van der Waals surface area contributed by atoms with Crippen molar-refractivity contribution in [1.29, 1.82) is 0 Å². The minimum absolute atomic E-state index is 0.142. The van der Waals surface area contributed by atoms with Crippen molar-refractivity contribution in [3.63, 3.8) is 0 Å². The highest BCUT2D eigenvalue weighted by atomic mass is 16.5. The van der Waals surface area contributed by atoms with Crippen LogP contribution < -0.4 is 5.32 Å². The van der Waals surface area contributed by atoms with Gasteiger partial charge in [0.2, 0.25) is 11.8 Å². The molecule has 8 heteroatoms. The lowest BCUT2D eigenvalue weighted by Gasteiger charge is -2.45. The lowest BCUT2D eigenvalue weighted by atomic mass is 10.0. The third kappa shape index (κ3) is 3.88. The van der Waals surface area contributed by atoms with Crippen LogP contribution in [-0.4, -0.2) is 65.3 Å². The Morgan fingerprint density at radius 2 is 2.00 bits per heavy atom. The maximum Gasteiger partial charge on any atom is 0.289 e. The maximum atomic E-state index is 13.0. The van der Waals surface area contributed by atoms with E-state index < -0.39 is 18.2 Å². The van der Waals surface area contributed by atoms with Gasteiger partial charge in [-0.1, -0.05) is 30.3 Å². The molecule has 8 nitrogen and oxygen atoms in total. The molecule has 29 heavy (non-hydrogen) atoms. The Labute approximate surface area is 168 Å². The van der Waals surface area contributed by atoms with Crippen LogP contribution >= 0.6 is 0 Å². The van der Waals surface area contributed by atoms with E-state index in [9.17, 15) is 14.4 Å². The molecule has 2 fully saturated rings. The van der Waals surface area contributed by atoms with Gasteiger partial charge in [0.25, 0.3) is 5.91 Å². The minimum atomic E-state index is -0.741. The summed E-state index contributed by atoms with van der Waals surface area (Å²) in [6.45, 7) is 2.93. The fourth-order valence-corrected chi connectivity index (χ4v) is 3.72. The Kier molecular flexibility index (Phi) is 5.35.